The van der Waals surface area contributed by atoms with Crippen molar-refractivity contribution >= 4 is 29.3 Å². The van der Waals surface area contributed by atoms with Gasteiger partial charge >= 0.3 is 12.6 Å². The number of alkyl halides is 2. The standard InChI is InChI=1S/C20H14ClF2N3O7/c1-30-16-9-12(4-6-15(16)32-20(22)23)19-24-17(33-25-19)10-31-18(27)7-3-11-2-5-13(21)14(8-11)26(28)29/h2-9,20H,10H2,1H3/b7-3+. The lowest BCUT2D eigenvalue weighted by Crippen LogP contribution is -2.03. The van der Waals surface area contributed by atoms with Crippen LogP contribution in [0.1, 0.15) is 11.5 Å². The number of rotatable bonds is 9. The molecule has 172 valence electrons. The van der Waals surface area contributed by atoms with Gasteiger partial charge in [0.25, 0.3) is 11.6 Å². The summed E-state index contributed by atoms with van der Waals surface area (Å²) in [6.07, 6.45) is 2.39. The molecule has 0 atom stereocenters. The van der Waals surface area contributed by atoms with E-state index in [1.807, 2.05) is 0 Å². The quantitative estimate of drug-likeness (QED) is 0.185. The van der Waals surface area contributed by atoms with Crippen molar-refractivity contribution < 1.29 is 37.2 Å². The van der Waals surface area contributed by atoms with Gasteiger partial charge in [-0.05, 0) is 35.9 Å². The van der Waals surface area contributed by atoms with E-state index in [0.717, 1.165) is 6.08 Å². The summed E-state index contributed by atoms with van der Waals surface area (Å²) < 4.78 is 44.2. The molecule has 0 saturated heterocycles. The van der Waals surface area contributed by atoms with E-state index in [0.29, 0.717) is 11.1 Å². The van der Waals surface area contributed by atoms with Crippen molar-refractivity contribution in [2.45, 2.75) is 13.2 Å². The van der Waals surface area contributed by atoms with Crippen LogP contribution in [-0.4, -0.2) is 34.8 Å². The van der Waals surface area contributed by atoms with Crippen LogP contribution >= 0.6 is 11.6 Å². The Hall–Kier alpha value is -4.06. The maximum Gasteiger partial charge on any atom is 0.387 e. The van der Waals surface area contributed by atoms with Crippen molar-refractivity contribution in [1.29, 1.82) is 0 Å². The molecule has 0 aliphatic rings. The Morgan fingerprint density at radius 2 is 2.06 bits per heavy atom. The number of halogens is 3. The van der Waals surface area contributed by atoms with E-state index in [2.05, 4.69) is 14.9 Å². The number of carbonyl (C=O) groups is 1. The molecule has 0 saturated carbocycles. The Balaban J connectivity index is 1.62. The molecule has 3 aromatic rings. The van der Waals surface area contributed by atoms with Crippen molar-refractivity contribution in [1.82, 2.24) is 10.1 Å². The van der Waals surface area contributed by atoms with Crippen LogP contribution in [0.25, 0.3) is 17.5 Å². The maximum absolute atomic E-state index is 12.4. The lowest BCUT2D eigenvalue weighted by Gasteiger charge is -2.10. The predicted molar refractivity (Wildman–Crippen MR) is 110 cm³/mol. The van der Waals surface area contributed by atoms with Gasteiger partial charge in [-0.25, -0.2) is 4.79 Å². The fourth-order valence-corrected chi connectivity index (χ4v) is 2.74. The van der Waals surface area contributed by atoms with E-state index in [1.54, 1.807) is 0 Å². The lowest BCUT2D eigenvalue weighted by atomic mass is 10.2. The Morgan fingerprint density at radius 3 is 2.76 bits per heavy atom. The van der Waals surface area contributed by atoms with Crippen molar-refractivity contribution in [3.8, 4) is 22.9 Å². The number of aromatic nitrogens is 2. The van der Waals surface area contributed by atoms with Crippen molar-refractivity contribution in [3.05, 3.63) is 69.1 Å². The van der Waals surface area contributed by atoms with Crippen LogP contribution in [0, 0.1) is 10.1 Å². The number of nitro benzene ring substituents is 1. The summed E-state index contributed by atoms with van der Waals surface area (Å²) >= 11 is 5.74. The van der Waals surface area contributed by atoms with Gasteiger partial charge in [-0.2, -0.15) is 13.8 Å². The minimum atomic E-state index is -3.01. The van der Waals surface area contributed by atoms with Crippen LogP contribution in [0.15, 0.2) is 47.0 Å². The minimum absolute atomic E-state index is 0.0271. The molecule has 0 spiro atoms. The van der Waals surface area contributed by atoms with Gasteiger partial charge in [0.05, 0.1) is 12.0 Å². The zero-order valence-corrected chi connectivity index (χ0v) is 17.5. The number of esters is 1. The molecule has 1 aromatic heterocycles. The number of benzene rings is 2. The number of carbonyl (C=O) groups excluding carboxylic acids is 1. The smallest absolute Gasteiger partial charge is 0.387 e. The minimum Gasteiger partial charge on any atom is -0.493 e. The SMILES string of the molecule is COc1cc(-c2noc(COC(=O)/C=C/c3ccc(Cl)c([N+](=O)[O-])c3)n2)ccc1OC(F)F. The third-order valence-electron chi connectivity index (χ3n) is 4.02. The van der Waals surface area contributed by atoms with E-state index < -0.39 is 17.5 Å². The van der Waals surface area contributed by atoms with E-state index in [4.69, 9.17) is 25.6 Å². The zero-order valence-electron chi connectivity index (χ0n) is 16.7. The van der Waals surface area contributed by atoms with Crippen LogP contribution in [0.4, 0.5) is 14.5 Å². The molecule has 0 amide bonds. The average molecular weight is 482 g/mol. The summed E-state index contributed by atoms with van der Waals surface area (Å²) in [6.45, 7) is -3.36. The summed E-state index contributed by atoms with van der Waals surface area (Å²) in [7, 11) is 1.29. The molecule has 0 aliphatic heterocycles. The second-order valence-corrected chi connectivity index (χ2v) is 6.57. The van der Waals surface area contributed by atoms with Crippen LogP contribution < -0.4 is 9.47 Å². The van der Waals surface area contributed by atoms with Crippen molar-refractivity contribution in [3.63, 3.8) is 0 Å². The van der Waals surface area contributed by atoms with Gasteiger partial charge in [0, 0.05) is 17.7 Å². The summed E-state index contributed by atoms with van der Waals surface area (Å²) in [6, 6.07) is 8.12. The molecule has 3 rings (SSSR count). The lowest BCUT2D eigenvalue weighted by molar-refractivity contribution is -0.384. The summed E-state index contributed by atoms with van der Waals surface area (Å²) in [5.74, 6) is -0.805. The first-order valence-corrected chi connectivity index (χ1v) is 9.39. The molecule has 0 N–H and O–H groups in total. The molecule has 10 nitrogen and oxygen atoms in total. The highest BCUT2D eigenvalue weighted by molar-refractivity contribution is 6.32. The molecule has 0 unspecified atom stereocenters. The highest BCUT2D eigenvalue weighted by Gasteiger charge is 2.16. The largest absolute Gasteiger partial charge is 0.493 e. The molecule has 0 radical (unpaired) electrons. The predicted octanol–water partition coefficient (Wildman–Crippen LogP) is 4.66. The molecule has 13 heteroatoms. The normalized spacial score (nSPS) is 11.1. The summed E-state index contributed by atoms with van der Waals surface area (Å²) in [4.78, 5) is 26.2. The zero-order chi connectivity index (χ0) is 24.0. The van der Waals surface area contributed by atoms with Gasteiger partial charge in [-0.15, -0.1) is 0 Å². The number of nitrogens with zero attached hydrogens (tertiary/aromatic N) is 3. The molecule has 0 bridgehead atoms. The second-order valence-electron chi connectivity index (χ2n) is 6.16. The fraction of sp³-hybridized carbons (Fsp3) is 0.150. The van der Waals surface area contributed by atoms with Gasteiger partial charge in [-0.3, -0.25) is 10.1 Å². The van der Waals surface area contributed by atoms with Crippen LogP contribution in [0.2, 0.25) is 5.02 Å². The van der Waals surface area contributed by atoms with Crippen LogP contribution in [0.3, 0.4) is 0 Å². The molecule has 0 fully saturated rings. The summed E-state index contributed by atoms with van der Waals surface area (Å²) in [5, 5.41) is 14.6. The topological polar surface area (TPSA) is 127 Å². The highest BCUT2D eigenvalue weighted by Crippen LogP contribution is 2.32. The van der Waals surface area contributed by atoms with Crippen molar-refractivity contribution in [2.24, 2.45) is 0 Å². The number of methoxy groups -OCH3 is 1. The van der Waals surface area contributed by atoms with Gasteiger partial charge in [-0.1, -0.05) is 22.8 Å². The molecular weight excluding hydrogens is 468 g/mol. The van der Waals surface area contributed by atoms with E-state index in [1.165, 1.54) is 49.6 Å². The molecule has 1 heterocycles. The van der Waals surface area contributed by atoms with Crippen LogP contribution in [-0.2, 0) is 16.1 Å². The Kier molecular flexibility index (Phi) is 7.51. The average Bonchev–Trinajstić information content (AvgIpc) is 3.26. The first-order valence-electron chi connectivity index (χ1n) is 9.01. The van der Waals surface area contributed by atoms with Crippen molar-refractivity contribution in [2.75, 3.05) is 7.11 Å². The number of nitro groups is 1. The Labute approximate surface area is 189 Å². The Bertz CT molecular complexity index is 1200. The monoisotopic (exact) mass is 481 g/mol. The third-order valence-corrected chi connectivity index (χ3v) is 4.34. The van der Waals surface area contributed by atoms with Gasteiger partial charge in [0.15, 0.2) is 18.1 Å². The van der Waals surface area contributed by atoms with Gasteiger partial charge in [0.1, 0.15) is 5.02 Å². The number of ether oxygens (including phenoxy) is 3. The first kappa shape index (κ1) is 23.6. The Morgan fingerprint density at radius 1 is 1.27 bits per heavy atom. The number of hydrogen-bond donors (Lipinski definition) is 0. The highest BCUT2D eigenvalue weighted by atomic mass is 35.5. The van der Waals surface area contributed by atoms with Gasteiger partial charge < -0.3 is 18.7 Å². The molecule has 2 aromatic carbocycles. The molecular formula is C20H14ClF2N3O7. The maximum atomic E-state index is 12.4. The van der Waals surface area contributed by atoms with E-state index >= 15 is 0 Å². The third kappa shape index (κ3) is 6.23. The molecule has 33 heavy (non-hydrogen) atoms. The summed E-state index contributed by atoms with van der Waals surface area (Å²) in [5.41, 5.74) is 0.464. The van der Waals surface area contributed by atoms with E-state index in [9.17, 15) is 23.7 Å². The van der Waals surface area contributed by atoms with Crippen LogP contribution in [0.5, 0.6) is 11.5 Å². The fourth-order valence-electron chi connectivity index (χ4n) is 2.55. The molecule has 0 aliphatic carbocycles. The first-order chi connectivity index (χ1) is 15.8. The number of hydrogen-bond acceptors (Lipinski definition) is 9. The van der Waals surface area contributed by atoms with Gasteiger partial charge in [0.2, 0.25) is 5.82 Å². The second kappa shape index (κ2) is 10.5. The van der Waals surface area contributed by atoms with E-state index in [-0.39, 0.29) is 40.5 Å².